The lowest BCUT2D eigenvalue weighted by molar-refractivity contribution is -0.0379. The standard InChI is InChI=1S/C18H26N4OS/c23-9-6-18-12-21-7-8-22(13-18)11-14(10-21)16(18)20-17(24)19-15-4-2-1-3-5-15/h1-5,14,16,23H,6-13H2,(H2,19,20,24). The van der Waals surface area contributed by atoms with Gasteiger partial charge in [0.05, 0.1) is 0 Å². The van der Waals surface area contributed by atoms with E-state index in [1.165, 1.54) is 0 Å². The molecule has 0 radical (unpaired) electrons. The summed E-state index contributed by atoms with van der Waals surface area (Å²) in [6.45, 7) is 6.95. The number of fused-ring (bicyclic) bond motifs is 1. The maximum absolute atomic E-state index is 9.69. The number of aliphatic hydroxyl groups excluding tert-OH is 1. The van der Waals surface area contributed by atoms with Gasteiger partial charge in [-0.3, -0.25) is 0 Å². The van der Waals surface area contributed by atoms with E-state index in [0.717, 1.165) is 51.4 Å². The highest BCUT2D eigenvalue weighted by Gasteiger charge is 2.53. The normalized spacial score (nSPS) is 37.0. The zero-order valence-corrected chi connectivity index (χ0v) is 14.8. The van der Waals surface area contributed by atoms with Crippen LogP contribution in [0.4, 0.5) is 5.69 Å². The molecule has 5 nitrogen and oxygen atoms in total. The summed E-state index contributed by atoms with van der Waals surface area (Å²) in [6.07, 6.45) is 0.835. The minimum absolute atomic E-state index is 0.0921. The second kappa shape index (κ2) is 6.59. The molecule has 0 aromatic heterocycles. The Labute approximate surface area is 149 Å². The number of aliphatic hydroxyl groups is 1. The highest BCUT2D eigenvalue weighted by molar-refractivity contribution is 7.80. The fraction of sp³-hybridized carbons (Fsp3) is 0.611. The molecule has 130 valence electrons. The Hall–Kier alpha value is -1.21. The molecule has 4 fully saturated rings. The van der Waals surface area contributed by atoms with Crippen LogP contribution in [-0.2, 0) is 0 Å². The van der Waals surface area contributed by atoms with Gasteiger partial charge < -0.3 is 25.5 Å². The summed E-state index contributed by atoms with van der Waals surface area (Å²) in [7, 11) is 0. The monoisotopic (exact) mass is 346 g/mol. The van der Waals surface area contributed by atoms with Crippen molar-refractivity contribution in [3.8, 4) is 0 Å². The molecule has 0 spiro atoms. The van der Waals surface area contributed by atoms with E-state index >= 15 is 0 Å². The third-order valence-electron chi connectivity index (χ3n) is 5.85. The van der Waals surface area contributed by atoms with Crippen LogP contribution in [0.25, 0.3) is 0 Å². The van der Waals surface area contributed by atoms with Gasteiger partial charge in [0.2, 0.25) is 0 Å². The maximum atomic E-state index is 9.69. The molecule has 3 atom stereocenters. The first-order valence-electron chi connectivity index (χ1n) is 8.87. The minimum atomic E-state index is 0.0921. The summed E-state index contributed by atoms with van der Waals surface area (Å²) < 4.78 is 0. The zero-order chi connectivity index (χ0) is 16.6. The molecule has 0 aliphatic carbocycles. The third kappa shape index (κ3) is 3.04. The SMILES string of the molecule is OCCC12CN3CCN(CC(C3)C1NC(=S)Nc1ccccc1)C2. The highest BCUT2D eigenvalue weighted by Crippen LogP contribution is 2.43. The smallest absolute Gasteiger partial charge is 0.171 e. The van der Waals surface area contributed by atoms with Crippen molar-refractivity contribution < 1.29 is 5.11 Å². The molecule has 0 saturated carbocycles. The number of benzene rings is 1. The van der Waals surface area contributed by atoms with Crippen molar-refractivity contribution in [2.45, 2.75) is 12.5 Å². The molecule has 4 aliphatic heterocycles. The van der Waals surface area contributed by atoms with Crippen molar-refractivity contribution in [3.63, 3.8) is 0 Å². The van der Waals surface area contributed by atoms with E-state index < -0.39 is 0 Å². The largest absolute Gasteiger partial charge is 0.396 e. The molecule has 0 amide bonds. The highest BCUT2D eigenvalue weighted by atomic mass is 32.1. The first-order chi connectivity index (χ1) is 11.7. The van der Waals surface area contributed by atoms with E-state index in [2.05, 4.69) is 20.4 Å². The molecule has 5 rings (SSSR count). The van der Waals surface area contributed by atoms with Crippen LogP contribution in [0.1, 0.15) is 6.42 Å². The number of hydrogen-bond acceptors (Lipinski definition) is 4. The fourth-order valence-corrected chi connectivity index (χ4v) is 5.20. The lowest BCUT2D eigenvalue weighted by Gasteiger charge is -2.55. The van der Waals surface area contributed by atoms with Gasteiger partial charge in [0, 0.05) is 68.9 Å². The Morgan fingerprint density at radius 1 is 1.17 bits per heavy atom. The number of para-hydroxylation sites is 1. The van der Waals surface area contributed by atoms with E-state index in [-0.39, 0.29) is 12.0 Å². The predicted molar refractivity (Wildman–Crippen MR) is 100 cm³/mol. The van der Waals surface area contributed by atoms with Crippen LogP contribution in [0.2, 0.25) is 0 Å². The molecule has 1 aromatic rings. The molecule has 6 heteroatoms. The molecule has 4 bridgehead atoms. The molecule has 24 heavy (non-hydrogen) atoms. The average Bonchev–Trinajstić information content (AvgIpc) is 2.80. The van der Waals surface area contributed by atoms with Gasteiger partial charge in [-0.2, -0.15) is 0 Å². The molecule has 3 N–H and O–H groups in total. The van der Waals surface area contributed by atoms with E-state index in [4.69, 9.17) is 12.2 Å². The van der Waals surface area contributed by atoms with Crippen LogP contribution in [0.15, 0.2) is 30.3 Å². The number of nitrogens with one attached hydrogen (secondary N) is 2. The van der Waals surface area contributed by atoms with Crippen LogP contribution >= 0.6 is 12.2 Å². The fourth-order valence-electron chi connectivity index (χ4n) is 4.96. The van der Waals surface area contributed by atoms with E-state index in [0.29, 0.717) is 17.1 Å². The van der Waals surface area contributed by atoms with Crippen LogP contribution in [-0.4, -0.2) is 71.9 Å². The number of hydrogen-bond donors (Lipinski definition) is 3. The molecule has 4 aliphatic rings. The quantitative estimate of drug-likeness (QED) is 0.707. The van der Waals surface area contributed by atoms with E-state index in [1.54, 1.807) is 0 Å². The zero-order valence-electron chi connectivity index (χ0n) is 13.9. The Kier molecular flexibility index (Phi) is 4.47. The van der Waals surface area contributed by atoms with E-state index in [9.17, 15) is 5.11 Å². The van der Waals surface area contributed by atoms with Crippen molar-refractivity contribution in [1.82, 2.24) is 15.1 Å². The number of rotatable bonds is 4. The minimum Gasteiger partial charge on any atom is -0.396 e. The summed E-state index contributed by atoms with van der Waals surface area (Å²) in [4.78, 5) is 5.17. The van der Waals surface area contributed by atoms with Crippen LogP contribution in [0.3, 0.4) is 0 Å². The number of nitrogens with zero attached hydrogens (tertiary/aromatic N) is 2. The van der Waals surface area contributed by atoms with Crippen LogP contribution in [0, 0.1) is 11.3 Å². The molecular formula is C18H26N4OS. The van der Waals surface area contributed by atoms with Gasteiger partial charge >= 0.3 is 0 Å². The van der Waals surface area contributed by atoms with Gasteiger partial charge in [-0.05, 0) is 30.8 Å². The second-order valence-electron chi connectivity index (χ2n) is 7.51. The Morgan fingerprint density at radius 3 is 2.46 bits per heavy atom. The topological polar surface area (TPSA) is 50.8 Å². The number of thiocarbonyl (C=S) groups is 1. The summed E-state index contributed by atoms with van der Waals surface area (Å²) in [6, 6.07) is 10.4. The van der Waals surface area contributed by atoms with Crippen LogP contribution in [0.5, 0.6) is 0 Å². The van der Waals surface area contributed by atoms with Gasteiger partial charge in [-0.1, -0.05) is 18.2 Å². The van der Waals surface area contributed by atoms with Crippen molar-refractivity contribution in [3.05, 3.63) is 30.3 Å². The van der Waals surface area contributed by atoms with Gasteiger partial charge in [0.15, 0.2) is 5.11 Å². The van der Waals surface area contributed by atoms with E-state index in [1.807, 2.05) is 30.3 Å². The van der Waals surface area contributed by atoms with Crippen molar-refractivity contribution in [2.24, 2.45) is 11.3 Å². The summed E-state index contributed by atoms with van der Waals surface area (Å²) >= 11 is 5.59. The lowest BCUT2D eigenvalue weighted by atomic mass is 9.66. The maximum Gasteiger partial charge on any atom is 0.171 e. The third-order valence-corrected chi connectivity index (χ3v) is 6.07. The molecule has 1 aromatic carbocycles. The van der Waals surface area contributed by atoms with Gasteiger partial charge in [0.25, 0.3) is 0 Å². The van der Waals surface area contributed by atoms with Gasteiger partial charge in [0.1, 0.15) is 0 Å². The molecule has 3 unspecified atom stereocenters. The summed E-state index contributed by atoms with van der Waals surface area (Å²) in [5.41, 5.74) is 1.11. The van der Waals surface area contributed by atoms with Gasteiger partial charge in [-0.25, -0.2) is 0 Å². The first-order valence-corrected chi connectivity index (χ1v) is 9.27. The molecular weight excluding hydrogens is 320 g/mol. The second-order valence-corrected chi connectivity index (χ2v) is 7.92. The van der Waals surface area contributed by atoms with Crippen molar-refractivity contribution in [2.75, 3.05) is 51.2 Å². The van der Waals surface area contributed by atoms with Crippen molar-refractivity contribution in [1.29, 1.82) is 0 Å². The number of piperidine rings is 2. The molecule has 4 heterocycles. The summed E-state index contributed by atoms with van der Waals surface area (Å²) in [5.74, 6) is 0.567. The Balaban J connectivity index is 1.51. The average molecular weight is 347 g/mol. The number of anilines is 1. The predicted octanol–water partition coefficient (Wildman–Crippen LogP) is 0.971. The van der Waals surface area contributed by atoms with Crippen molar-refractivity contribution >= 4 is 23.0 Å². The first kappa shape index (κ1) is 16.3. The summed E-state index contributed by atoms with van der Waals surface area (Å²) in [5, 5.41) is 17.3. The van der Waals surface area contributed by atoms with Crippen LogP contribution < -0.4 is 10.6 Å². The van der Waals surface area contributed by atoms with Gasteiger partial charge in [-0.15, -0.1) is 0 Å². The Morgan fingerprint density at radius 2 is 1.83 bits per heavy atom. The molecule has 4 saturated heterocycles. The Bertz CT molecular complexity index is 580. The lowest BCUT2D eigenvalue weighted by Crippen LogP contribution is -2.69.